The summed E-state index contributed by atoms with van der Waals surface area (Å²) in [5.74, 6) is 1.01. The standard InChI is InChI=1S/C20H24N4O3/c1-12-19(13-4-7-23(12)8-5-13)22-20(26)15-10-16-14(11-21-15)9-18(27-16)24-6-2-3-17(24)25/h9-13,19H,2-8H2,1H3,(H,22,26)/t12-,19-/m0/s1. The lowest BCUT2D eigenvalue weighted by Gasteiger charge is -2.49. The molecule has 6 rings (SSSR count). The number of anilines is 1. The van der Waals surface area contributed by atoms with E-state index in [0.29, 0.717) is 42.1 Å². The Balaban J connectivity index is 1.36. The number of carbonyl (C=O) groups excluding carboxylic acids is 2. The van der Waals surface area contributed by atoms with Crippen LogP contribution in [0.3, 0.4) is 0 Å². The average Bonchev–Trinajstić information content (AvgIpc) is 3.29. The number of fused-ring (bicyclic) bond motifs is 4. The van der Waals surface area contributed by atoms with Crippen LogP contribution in [-0.2, 0) is 4.79 Å². The fourth-order valence-electron chi connectivity index (χ4n) is 4.83. The number of rotatable bonds is 3. The molecule has 0 aromatic carbocycles. The van der Waals surface area contributed by atoms with Gasteiger partial charge in [-0.3, -0.25) is 24.4 Å². The van der Waals surface area contributed by atoms with Crippen LogP contribution in [-0.4, -0.2) is 53.4 Å². The Kier molecular flexibility index (Phi) is 3.93. The number of pyridine rings is 1. The van der Waals surface area contributed by atoms with E-state index in [1.54, 1.807) is 17.2 Å². The van der Waals surface area contributed by atoms with Crippen LogP contribution in [0.2, 0.25) is 0 Å². The second-order valence-electron chi connectivity index (χ2n) is 7.95. The number of furan rings is 1. The van der Waals surface area contributed by atoms with Crippen molar-refractivity contribution < 1.29 is 14.0 Å². The predicted molar refractivity (Wildman–Crippen MR) is 101 cm³/mol. The molecule has 0 saturated carbocycles. The zero-order valence-electron chi connectivity index (χ0n) is 15.5. The third-order valence-corrected chi connectivity index (χ3v) is 6.44. The Hall–Kier alpha value is -2.41. The van der Waals surface area contributed by atoms with Crippen molar-refractivity contribution in [2.24, 2.45) is 5.92 Å². The number of nitrogens with zero attached hydrogens (tertiary/aromatic N) is 3. The smallest absolute Gasteiger partial charge is 0.270 e. The molecule has 6 heterocycles. The van der Waals surface area contributed by atoms with Crippen molar-refractivity contribution >= 4 is 28.7 Å². The Bertz CT molecular complexity index is 898. The number of hydrogen-bond donors (Lipinski definition) is 1. The Morgan fingerprint density at radius 3 is 2.78 bits per heavy atom. The van der Waals surface area contributed by atoms with Crippen LogP contribution in [0, 0.1) is 5.92 Å². The van der Waals surface area contributed by atoms with Gasteiger partial charge in [0, 0.05) is 48.8 Å². The number of aromatic nitrogens is 1. The molecule has 2 aromatic heterocycles. The van der Waals surface area contributed by atoms with Gasteiger partial charge >= 0.3 is 0 Å². The highest BCUT2D eigenvalue weighted by molar-refractivity contribution is 5.98. The van der Waals surface area contributed by atoms with Gasteiger partial charge in [-0.25, -0.2) is 0 Å². The van der Waals surface area contributed by atoms with Crippen LogP contribution in [0.5, 0.6) is 0 Å². The summed E-state index contributed by atoms with van der Waals surface area (Å²) in [5, 5.41) is 4.00. The van der Waals surface area contributed by atoms with Crippen molar-refractivity contribution in [3.8, 4) is 0 Å². The molecule has 2 amide bonds. The van der Waals surface area contributed by atoms with Gasteiger partial charge < -0.3 is 9.73 Å². The first-order valence-corrected chi connectivity index (χ1v) is 9.85. The van der Waals surface area contributed by atoms with Gasteiger partial charge in [-0.15, -0.1) is 0 Å². The van der Waals surface area contributed by atoms with Gasteiger partial charge in [0.1, 0.15) is 11.3 Å². The van der Waals surface area contributed by atoms with E-state index in [-0.39, 0.29) is 17.9 Å². The third kappa shape index (κ3) is 2.81. The van der Waals surface area contributed by atoms with E-state index in [0.717, 1.165) is 37.7 Å². The van der Waals surface area contributed by atoms with Crippen molar-refractivity contribution in [3.05, 3.63) is 24.0 Å². The van der Waals surface area contributed by atoms with Gasteiger partial charge in [0.05, 0.1) is 0 Å². The van der Waals surface area contributed by atoms with Gasteiger partial charge in [-0.2, -0.15) is 0 Å². The number of hydrogen-bond acceptors (Lipinski definition) is 5. The summed E-state index contributed by atoms with van der Waals surface area (Å²) in [4.78, 5) is 33.2. The van der Waals surface area contributed by atoms with E-state index < -0.39 is 0 Å². The van der Waals surface area contributed by atoms with E-state index in [1.807, 2.05) is 6.07 Å². The lowest BCUT2D eigenvalue weighted by Crippen LogP contribution is -2.62. The van der Waals surface area contributed by atoms with Gasteiger partial charge in [-0.1, -0.05) is 0 Å². The van der Waals surface area contributed by atoms with Gasteiger partial charge in [0.25, 0.3) is 5.91 Å². The molecule has 0 aliphatic carbocycles. The summed E-state index contributed by atoms with van der Waals surface area (Å²) < 4.78 is 5.85. The molecule has 142 valence electrons. The molecule has 1 N–H and O–H groups in total. The van der Waals surface area contributed by atoms with Crippen molar-refractivity contribution in [2.45, 2.75) is 44.7 Å². The maximum absolute atomic E-state index is 12.8. The molecule has 0 spiro atoms. The lowest BCUT2D eigenvalue weighted by atomic mass is 9.79. The van der Waals surface area contributed by atoms with Crippen LogP contribution in [0.15, 0.2) is 22.7 Å². The fourth-order valence-corrected chi connectivity index (χ4v) is 4.83. The summed E-state index contributed by atoms with van der Waals surface area (Å²) in [7, 11) is 0. The predicted octanol–water partition coefficient (Wildman–Crippen LogP) is 2.17. The summed E-state index contributed by atoms with van der Waals surface area (Å²) in [6, 6.07) is 4.04. The van der Waals surface area contributed by atoms with Crippen LogP contribution >= 0.6 is 0 Å². The highest BCUT2D eigenvalue weighted by Crippen LogP contribution is 2.33. The molecule has 2 atom stereocenters. The highest BCUT2D eigenvalue weighted by atomic mass is 16.4. The van der Waals surface area contributed by atoms with Crippen LogP contribution in [0.1, 0.15) is 43.1 Å². The summed E-state index contributed by atoms with van der Waals surface area (Å²) >= 11 is 0. The normalized spacial score (nSPS) is 30.3. The number of carbonyl (C=O) groups is 2. The van der Waals surface area contributed by atoms with E-state index in [2.05, 4.69) is 22.1 Å². The van der Waals surface area contributed by atoms with Crippen molar-refractivity contribution in [2.75, 3.05) is 24.5 Å². The van der Waals surface area contributed by atoms with E-state index in [1.165, 1.54) is 0 Å². The minimum absolute atomic E-state index is 0.0799. The van der Waals surface area contributed by atoms with Crippen LogP contribution < -0.4 is 10.2 Å². The number of amides is 2. The van der Waals surface area contributed by atoms with Crippen LogP contribution in [0.4, 0.5) is 5.88 Å². The molecular formula is C20H24N4O3. The zero-order valence-corrected chi connectivity index (χ0v) is 15.5. The first-order valence-electron chi connectivity index (χ1n) is 9.85. The fraction of sp³-hybridized carbons (Fsp3) is 0.550. The summed E-state index contributed by atoms with van der Waals surface area (Å²) in [6.07, 6.45) is 5.35. The maximum Gasteiger partial charge on any atom is 0.270 e. The van der Waals surface area contributed by atoms with E-state index in [4.69, 9.17) is 4.42 Å². The molecule has 0 radical (unpaired) electrons. The summed E-state index contributed by atoms with van der Waals surface area (Å²) in [5.41, 5.74) is 0.951. The first kappa shape index (κ1) is 16.7. The molecule has 4 saturated heterocycles. The molecule has 4 aliphatic heterocycles. The largest absolute Gasteiger partial charge is 0.440 e. The molecule has 7 nitrogen and oxygen atoms in total. The van der Waals surface area contributed by atoms with Crippen molar-refractivity contribution in [1.29, 1.82) is 0 Å². The lowest BCUT2D eigenvalue weighted by molar-refractivity contribution is -0.117. The Morgan fingerprint density at radius 2 is 2.07 bits per heavy atom. The molecule has 2 aromatic rings. The monoisotopic (exact) mass is 368 g/mol. The SMILES string of the molecule is C[C@H]1[C@H](NC(=O)c2cc3oc(N4CCCC4=O)cc3cn2)C2CCN1CC2. The number of nitrogens with one attached hydrogen (secondary N) is 1. The molecule has 4 aliphatic rings. The Morgan fingerprint density at radius 1 is 1.26 bits per heavy atom. The topological polar surface area (TPSA) is 78.7 Å². The molecule has 27 heavy (non-hydrogen) atoms. The zero-order chi connectivity index (χ0) is 18.5. The minimum Gasteiger partial charge on any atom is -0.440 e. The maximum atomic E-state index is 12.8. The van der Waals surface area contributed by atoms with Gasteiger partial charge in [0.15, 0.2) is 0 Å². The second-order valence-corrected chi connectivity index (χ2v) is 7.95. The second kappa shape index (κ2) is 6.34. The van der Waals surface area contributed by atoms with E-state index in [9.17, 15) is 9.59 Å². The highest BCUT2D eigenvalue weighted by Gasteiger charge is 2.40. The summed E-state index contributed by atoms with van der Waals surface area (Å²) in [6.45, 7) is 5.13. The van der Waals surface area contributed by atoms with E-state index >= 15 is 0 Å². The first-order chi connectivity index (χ1) is 13.1. The number of piperidine rings is 3. The van der Waals surface area contributed by atoms with Crippen molar-refractivity contribution in [1.82, 2.24) is 15.2 Å². The van der Waals surface area contributed by atoms with Crippen LogP contribution in [0.25, 0.3) is 11.0 Å². The van der Waals surface area contributed by atoms with Gasteiger partial charge in [0.2, 0.25) is 11.8 Å². The Labute approximate surface area is 157 Å². The van der Waals surface area contributed by atoms with Crippen molar-refractivity contribution in [3.63, 3.8) is 0 Å². The quantitative estimate of drug-likeness (QED) is 0.898. The molecule has 0 unspecified atom stereocenters. The minimum atomic E-state index is -0.155. The van der Waals surface area contributed by atoms with Gasteiger partial charge in [-0.05, 0) is 45.2 Å². The molecule has 2 bridgehead atoms. The molecule has 4 fully saturated rings. The average molecular weight is 368 g/mol. The third-order valence-electron chi connectivity index (χ3n) is 6.44. The molecule has 7 heteroatoms. The molecular weight excluding hydrogens is 344 g/mol.